The summed E-state index contributed by atoms with van der Waals surface area (Å²) < 4.78 is 24.5. The van der Waals surface area contributed by atoms with E-state index in [0.717, 1.165) is 0 Å². The summed E-state index contributed by atoms with van der Waals surface area (Å²) in [7, 11) is -3.12. The number of aldehydes is 1. The van der Waals surface area contributed by atoms with Gasteiger partial charge in [-0.25, -0.2) is 12.7 Å². The lowest BCUT2D eigenvalue weighted by Crippen LogP contribution is -2.35. The van der Waals surface area contributed by atoms with Gasteiger partial charge in [0, 0.05) is 30.8 Å². The summed E-state index contributed by atoms with van der Waals surface area (Å²) in [6.45, 7) is 1.08. The van der Waals surface area contributed by atoms with Gasteiger partial charge in [-0.15, -0.1) is 0 Å². The summed E-state index contributed by atoms with van der Waals surface area (Å²) in [6, 6.07) is 6.25. The minimum atomic E-state index is -3.12. The summed E-state index contributed by atoms with van der Waals surface area (Å²) in [4.78, 5) is 22.3. The van der Waals surface area contributed by atoms with Gasteiger partial charge in [-0.1, -0.05) is 12.1 Å². The molecule has 1 aromatic rings. The predicted molar refractivity (Wildman–Crippen MR) is 74.1 cm³/mol. The highest BCUT2D eigenvalue weighted by atomic mass is 32.2. The van der Waals surface area contributed by atoms with Crippen LogP contribution in [0.4, 0.5) is 0 Å². The van der Waals surface area contributed by atoms with Gasteiger partial charge in [-0.2, -0.15) is 0 Å². The molecule has 6 nitrogen and oxygen atoms in total. The molecule has 1 N–H and O–H groups in total. The highest BCUT2D eigenvalue weighted by Crippen LogP contribution is 2.11. The van der Waals surface area contributed by atoms with E-state index in [9.17, 15) is 18.0 Å². The van der Waals surface area contributed by atoms with Crippen LogP contribution in [0, 0.1) is 0 Å². The van der Waals surface area contributed by atoms with Crippen LogP contribution in [0.1, 0.15) is 27.1 Å². The summed E-state index contributed by atoms with van der Waals surface area (Å²) in [5.41, 5.74) is 0.949. The Morgan fingerprint density at radius 2 is 2.00 bits per heavy atom. The fourth-order valence-electron chi connectivity index (χ4n) is 2.05. The minimum absolute atomic E-state index is 0.189. The first-order valence-electron chi connectivity index (χ1n) is 6.34. The normalized spacial score (nSPS) is 17.8. The fourth-order valence-corrected chi connectivity index (χ4v) is 3.58. The van der Waals surface area contributed by atoms with Crippen LogP contribution in [0.15, 0.2) is 24.3 Å². The Kier molecular flexibility index (Phi) is 4.51. The van der Waals surface area contributed by atoms with Gasteiger partial charge in [0.05, 0.1) is 5.75 Å². The number of hydrogen-bond donors (Lipinski definition) is 1. The molecule has 0 bridgehead atoms. The summed E-state index contributed by atoms with van der Waals surface area (Å²) in [6.07, 6.45) is 1.35. The Balaban J connectivity index is 1.84. The minimum Gasteiger partial charge on any atom is -0.351 e. The maximum absolute atomic E-state index is 11.8. The van der Waals surface area contributed by atoms with Crippen molar-refractivity contribution in [3.05, 3.63) is 35.4 Å². The standard InChI is InChI=1S/C13H16N2O4S/c16-10-11-2-4-12(5-3-11)13(17)14-6-8-15-7-1-9-20(15,18)19/h2-5,10H,1,6-9H2,(H,14,17). The molecule has 2 rings (SSSR count). The van der Waals surface area contributed by atoms with Gasteiger partial charge >= 0.3 is 0 Å². The van der Waals surface area contributed by atoms with Crippen LogP contribution in [0.2, 0.25) is 0 Å². The molecule has 1 fully saturated rings. The van der Waals surface area contributed by atoms with Crippen LogP contribution >= 0.6 is 0 Å². The quantitative estimate of drug-likeness (QED) is 0.790. The molecule has 1 heterocycles. The summed E-state index contributed by atoms with van der Waals surface area (Å²) in [5, 5.41) is 2.67. The van der Waals surface area contributed by atoms with Crippen molar-refractivity contribution in [2.45, 2.75) is 6.42 Å². The van der Waals surface area contributed by atoms with E-state index in [1.54, 1.807) is 24.3 Å². The number of rotatable bonds is 5. The molecule has 20 heavy (non-hydrogen) atoms. The Morgan fingerprint density at radius 1 is 1.30 bits per heavy atom. The Bertz CT molecular complexity index is 595. The maximum atomic E-state index is 11.8. The van der Waals surface area contributed by atoms with Gasteiger partial charge < -0.3 is 5.32 Å². The monoisotopic (exact) mass is 296 g/mol. The van der Waals surface area contributed by atoms with Gasteiger partial charge in [-0.3, -0.25) is 9.59 Å². The molecule has 7 heteroatoms. The number of sulfonamides is 1. The number of carbonyl (C=O) groups excluding carboxylic acids is 2. The van der Waals surface area contributed by atoms with Gasteiger partial charge in [0.25, 0.3) is 5.91 Å². The third-order valence-corrected chi connectivity index (χ3v) is 5.12. The first kappa shape index (κ1) is 14.7. The summed E-state index contributed by atoms with van der Waals surface area (Å²) >= 11 is 0. The van der Waals surface area contributed by atoms with E-state index >= 15 is 0 Å². The molecule has 1 aliphatic heterocycles. The smallest absolute Gasteiger partial charge is 0.251 e. The zero-order chi connectivity index (χ0) is 14.6. The van der Waals surface area contributed by atoms with Crippen LogP contribution in [0.3, 0.4) is 0 Å². The van der Waals surface area contributed by atoms with E-state index in [4.69, 9.17) is 0 Å². The molecule has 0 saturated carbocycles. The van der Waals surface area contributed by atoms with Crippen molar-refractivity contribution in [3.8, 4) is 0 Å². The number of amides is 1. The van der Waals surface area contributed by atoms with Crippen LogP contribution in [0.25, 0.3) is 0 Å². The zero-order valence-corrected chi connectivity index (χ0v) is 11.7. The molecular weight excluding hydrogens is 280 g/mol. The summed E-state index contributed by atoms with van der Waals surface area (Å²) in [5.74, 6) is -0.0901. The van der Waals surface area contributed by atoms with E-state index < -0.39 is 10.0 Å². The average Bonchev–Trinajstić information content (AvgIpc) is 2.78. The van der Waals surface area contributed by atoms with E-state index in [0.29, 0.717) is 36.9 Å². The average molecular weight is 296 g/mol. The highest BCUT2D eigenvalue weighted by molar-refractivity contribution is 7.89. The van der Waals surface area contributed by atoms with Gasteiger partial charge in [0.2, 0.25) is 10.0 Å². The zero-order valence-electron chi connectivity index (χ0n) is 10.9. The highest BCUT2D eigenvalue weighted by Gasteiger charge is 2.27. The molecule has 0 spiro atoms. The molecule has 0 aromatic heterocycles. The van der Waals surface area contributed by atoms with Crippen molar-refractivity contribution in [2.24, 2.45) is 0 Å². The van der Waals surface area contributed by atoms with Crippen molar-refractivity contribution in [2.75, 3.05) is 25.4 Å². The number of nitrogens with one attached hydrogen (secondary N) is 1. The van der Waals surface area contributed by atoms with E-state index in [-0.39, 0.29) is 18.2 Å². The second-order valence-corrected chi connectivity index (χ2v) is 6.65. The topological polar surface area (TPSA) is 83.6 Å². The van der Waals surface area contributed by atoms with Gasteiger partial charge in [-0.05, 0) is 18.6 Å². The van der Waals surface area contributed by atoms with Crippen molar-refractivity contribution in [3.63, 3.8) is 0 Å². The third-order valence-electron chi connectivity index (χ3n) is 3.16. The number of carbonyl (C=O) groups is 2. The first-order valence-corrected chi connectivity index (χ1v) is 7.95. The molecule has 1 amide bonds. The Labute approximate surface area is 117 Å². The molecule has 0 atom stereocenters. The molecule has 0 unspecified atom stereocenters. The molecular formula is C13H16N2O4S. The number of nitrogens with zero attached hydrogens (tertiary/aromatic N) is 1. The molecule has 0 aliphatic carbocycles. The van der Waals surface area contributed by atoms with Crippen LogP contribution in [0.5, 0.6) is 0 Å². The Hall–Kier alpha value is -1.73. The van der Waals surface area contributed by atoms with E-state index in [1.807, 2.05) is 0 Å². The van der Waals surface area contributed by atoms with Crippen molar-refractivity contribution < 1.29 is 18.0 Å². The SMILES string of the molecule is O=Cc1ccc(C(=O)NCCN2CCCS2(=O)=O)cc1. The van der Waals surface area contributed by atoms with Crippen molar-refractivity contribution in [1.82, 2.24) is 9.62 Å². The molecule has 1 aromatic carbocycles. The van der Waals surface area contributed by atoms with E-state index in [2.05, 4.69) is 5.32 Å². The third kappa shape index (κ3) is 3.43. The second-order valence-electron chi connectivity index (χ2n) is 4.56. The predicted octanol–water partition coefficient (Wildman–Crippen LogP) is 0.264. The molecule has 108 valence electrons. The largest absolute Gasteiger partial charge is 0.351 e. The number of hydrogen-bond acceptors (Lipinski definition) is 4. The van der Waals surface area contributed by atoms with Gasteiger partial charge in [0.15, 0.2) is 0 Å². The van der Waals surface area contributed by atoms with Crippen LogP contribution in [-0.2, 0) is 10.0 Å². The number of benzene rings is 1. The second kappa shape index (κ2) is 6.15. The van der Waals surface area contributed by atoms with Crippen molar-refractivity contribution >= 4 is 22.2 Å². The van der Waals surface area contributed by atoms with Crippen LogP contribution < -0.4 is 5.32 Å². The maximum Gasteiger partial charge on any atom is 0.251 e. The lowest BCUT2D eigenvalue weighted by molar-refractivity contribution is 0.0951. The lowest BCUT2D eigenvalue weighted by Gasteiger charge is -2.14. The van der Waals surface area contributed by atoms with E-state index in [1.165, 1.54) is 4.31 Å². The first-order chi connectivity index (χ1) is 9.53. The van der Waals surface area contributed by atoms with Gasteiger partial charge in [0.1, 0.15) is 6.29 Å². The van der Waals surface area contributed by atoms with Crippen molar-refractivity contribution in [1.29, 1.82) is 0 Å². The van der Waals surface area contributed by atoms with Crippen LogP contribution in [-0.4, -0.2) is 50.3 Å². The lowest BCUT2D eigenvalue weighted by atomic mass is 10.1. The molecule has 1 aliphatic rings. The Morgan fingerprint density at radius 3 is 2.55 bits per heavy atom. The molecule has 0 radical (unpaired) electrons. The molecule has 1 saturated heterocycles. The fraction of sp³-hybridized carbons (Fsp3) is 0.385.